The Morgan fingerprint density at radius 1 is 1.18 bits per heavy atom. The Morgan fingerprint density at radius 3 is 2.68 bits per heavy atom. The molecule has 2 aliphatic heterocycles. The average Bonchev–Trinajstić information content (AvgIpc) is 3.20. The molecule has 6 heteroatoms. The molecule has 3 heterocycles. The van der Waals surface area contributed by atoms with Gasteiger partial charge < -0.3 is 9.42 Å². The van der Waals surface area contributed by atoms with E-state index in [0.717, 1.165) is 69.1 Å². The fourth-order valence-electron chi connectivity index (χ4n) is 4.24. The number of hydrogen-bond donors (Lipinski definition) is 0. The molecule has 1 amide bonds. The lowest BCUT2D eigenvalue weighted by Gasteiger charge is -2.31. The van der Waals surface area contributed by atoms with Gasteiger partial charge in [-0.05, 0) is 55.8 Å². The summed E-state index contributed by atoms with van der Waals surface area (Å²) in [6, 6.07) is 9.91. The maximum absolute atomic E-state index is 12.7. The van der Waals surface area contributed by atoms with Gasteiger partial charge in [-0.25, -0.2) is 0 Å². The van der Waals surface area contributed by atoms with Gasteiger partial charge in [-0.15, -0.1) is 0 Å². The molecule has 1 aromatic carbocycles. The standard InChI is InChI=1S/C22H28ClN3O2/c1-16-8-11-26(12-9-16)22(27)21-13-20(24-28-21)18-3-2-10-25(15-18)14-17-4-6-19(23)7-5-17/h4-7,13,16,18H,2-3,8-12,14-15H2,1H3/t18-/m1/s1. The smallest absolute Gasteiger partial charge is 0.292 e. The van der Waals surface area contributed by atoms with Crippen molar-refractivity contribution in [3.05, 3.63) is 52.4 Å². The van der Waals surface area contributed by atoms with E-state index in [0.29, 0.717) is 17.6 Å². The third-order valence-corrected chi connectivity index (χ3v) is 6.31. The van der Waals surface area contributed by atoms with Gasteiger partial charge in [-0.1, -0.05) is 35.8 Å². The van der Waals surface area contributed by atoms with Gasteiger partial charge in [-0.3, -0.25) is 9.69 Å². The number of nitrogens with zero attached hydrogens (tertiary/aromatic N) is 3. The Balaban J connectivity index is 1.37. The quantitative estimate of drug-likeness (QED) is 0.752. The number of likely N-dealkylation sites (tertiary alicyclic amines) is 2. The third-order valence-electron chi connectivity index (χ3n) is 6.05. The van der Waals surface area contributed by atoms with Crippen LogP contribution in [0.3, 0.4) is 0 Å². The van der Waals surface area contributed by atoms with Crippen LogP contribution in [0.5, 0.6) is 0 Å². The molecule has 0 aliphatic carbocycles. The second-order valence-electron chi connectivity index (χ2n) is 8.29. The predicted molar refractivity (Wildman–Crippen MR) is 110 cm³/mol. The fraction of sp³-hybridized carbons (Fsp3) is 0.545. The first-order valence-electron chi connectivity index (χ1n) is 10.3. The topological polar surface area (TPSA) is 49.6 Å². The number of carbonyl (C=O) groups excluding carboxylic acids is 1. The Hall–Kier alpha value is -1.85. The second kappa shape index (κ2) is 8.66. The highest BCUT2D eigenvalue weighted by molar-refractivity contribution is 6.30. The number of benzene rings is 1. The van der Waals surface area contributed by atoms with Crippen molar-refractivity contribution < 1.29 is 9.32 Å². The Bertz CT molecular complexity index is 796. The maximum Gasteiger partial charge on any atom is 0.292 e. The summed E-state index contributed by atoms with van der Waals surface area (Å²) in [7, 11) is 0. The molecule has 0 N–H and O–H groups in total. The highest BCUT2D eigenvalue weighted by Gasteiger charge is 2.28. The molecule has 1 aromatic heterocycles. The van der Waals surface area contributed by atoms with E-state index in [2.05, 4.69) is 29.1 Å². The number of aromatic nitrogens is 1. The van der Waals surface area contributed by atoms with E-state index >= 15 is 0 Å². The van der Waals surface area contributed by atoms with Crippen molar-refractivity contribution in [2.45, 2.75) is 45.1 Å². The van der Waals surface area contributed by atoms with Crippen molar-refractivity contribution >= 4 is 17.5 Å². The van der Waals surface area contributed by atoms with Crippen LogP contribution in [-0.4, -0.2) is 47.0 Å². The van der Waals surface area contributed by atoms with Crippen molar-refractivity contribution in [3.63, 3.8) is 0 Å². The van der Waals surface area contributed by atoms with Gasteiger partial charge in [0.2, 0.25) is 5.76 Å². The van der Waals surface area contributed by atoms with Crippen molar-refractivity contribution in [3.8, 4) is 0 Å². The molecule has 2 fully saturated rings. The van der Waals surface area contributed by atoms with E-state index in [1.165, 1.54) is 5.56 Å². The Morgan fingerprint density at radius 2 is 1.93 bits per heavy atom. The van der Waals surface area contributed by atoms with Crippen LogP contribution < -0.4 is 0 Å². The van der Waals surface area contributed by atoms with E-state index < -0.39 is 0 Å². The van der Waals surface area contributed by atoms with Crippen molar-refractivity contribution in [2.75, 3.05) is 26.2 Å². The average molecular weight is 402 g/mol. The minimum atomic E-state index is -0.0144. The van der Waals surface area contributed by atoms with E-state index in [1.54, 1.807) is 0 Å². The summed E-state index contributed by atoms with van der Waals surface area (Å²) >= 11 is 5.99. The van der Waals surface area contributed by atoms with Gasteiger partial charge in [0.1, 0.15) is 0 Å². The lowest BCUT2D eigenvalue weighted by molar-refractivity contribution is 0.0655. The summed E-state index contributed by atoms with van der Waals surface area (Å²) in [6.07, 6.45) is 4.33. The zero-order valence-corrected chi connectivity index (χ0v) is 17.2. The molecule has 0 bridgehead atoms. The van der Waals surface area contributed by atoms with Crippen LogP contribution in [-0.2, 0) is 6.54 Å². The van der Waals surface area contributed by atoms with E-state index in [4.69, 9.17) is 16.1 Å². The van der Waals surface area contributed by atoms with Crippen LogP contribution in [0.4, 0.5) is 0 Å². The highest BCUT2D eigenvalue weighted by Crippen LogP contribution is 2.28. The second-order valence-corrected chi connectivity index (χ2v) is 8.73. The summed E-state index contributed by atoms with van der Waals surface area (Å²) in [5, 5.41) is 5.02. The first-order chi connectivity index (χ1) is 13.6. The molecule has 0 radical (unpaired) electrons. The van der Waals surface area contributed by atoms with Gasteiger partial charge in [0, 0.05) is 43.2 Å². The number of amides is 1. The van der Waals surface area contributed by atoms with Crippen molar-refractivity contribution in [1.29, 1.82) is 0 Å². The van der Waals surface area contributed by atoms with Crippen LogP contribution in [0.2, 0.25) is 5.02 Å². The van der Waals surface area contributed by atoms with Crippen LogP contribution in [0.15, 0.2) is 34.9 Å². The van der Waals surface area contributed by atoms with Crippen LogP contribution >= 0.6 is 11.6 Å². The molecule has 2 aromatic rings. The minimum Gasteiger partial charge on any atom is -0.351 e. The van der Waals surface area contributed by atoms with Crippen LogP contribution in [0, 0.1) is 5.92 Å². The zero-order chi connectivity index (χ0) is 19.5. The monoisotopic (exact) mass is 401 g/mol. The minimum absolute atomic E-state index is 0.0144. The molecule has 150 valence electrons. The summed E-state index contributed by atoms with van der Waals surface area (Å²) in [5.74, 6) is 1.38. The molecular weight excluding hydrogens is 374 g/mol. The van der Waals surface area contributed by atoms with E-state index in [1.807, 2.05) is 23.1 Å². The van der Waals surface area contributed by atoms with Crippen molar-refractivity contribution in [2.24, 2.45) is 5.92 Å². The molecule has 5 nitrogen and oxygen atoms in total. The Labute approximate surface area is 171 Å². The summed E-state index contributed by atoms with van der Waals surface area (Å²) in [6.45, 7) is 6.79. The lowest BCUT2D eigenvalue weighted by atomic mass is 9.94. The van der Waals surface area contributed by atoms with E-state index in [9.17, 15) is 4.79 Å². The molecule has 0 saturated carbocycles. The molecule has 0 spiro atoms. The van der Waals surface area contributed by atoms with Crippen LogP contribution in [0.1, 0.15) is 60.3 Å². The molecule has 1 atom stereocenters. The van der Waals surface area contributed by atoms with Gasteiger partial charge in [0.05, 0.1) is 5.69 Å². The predicted octanol–water partition coefficient (Wildman–Crippen LogP) is 4.58. The molecule has 28 heavy (non-hydrogen) atoms. The van der Waals surface area contributed by atoms with Gasteiger partial charge in [-0.2, -0.15) is 0 Å². The van der Waals surface area contributed by atoms with Crippen molar-refractivity contribution in [1.82, 2.24) is 15.0 Å². The maximum atomic E-state index is 12.7. The number of rotatable bonds is 4. The fourth-order valence-corrected chi connectivity index (χ4v) is 4.36. The van der Waals surface area contributed by atoms with Gasteiger partial charge in [0.15, 0.2) is 0 Å². The first kappa shape index (κ1) is 19.5. The van der Waals surface area contributed by atoms with Gasteiger partial charge in [0.25, 0.3) is 5.91 Å². The summed E-state index contributed by atoms with van der Waals surface area (Å²) < 4.78 is 5.45. The third kappa shape index (κ3) is 4.58. The molecule has 4 rings (SSSR count). The first-order valence-corrected chi connectivity index (χ1v) is 10.7. The number of carbonyl (C=O) groups is 1. The molecule has 2 saturated heterocycles. The SMILES string of the molecule is CC1CCN(C(=O)c2cc([C@@H]3CCCN(Cc4ccc(Cl)cc4)C3)no2)CC1. The number of piperidine rings is 2. The lowest BCUT2D eigenvalue weighted by Crippen LogP contribution is -2.37. The molecule has 0 unspecified atom stereocenters. The summed E-state index contributed by atoms with van der Waals surface area (Å²) in [4.78, 5) is 17.1. The Kier molecular flexibility index (Phi) is 6.02. The summed E-state index contributed by atoms with van der Waals surface area (Å²) in [5.41, 5.74) is 2.18. The van der Waals surface area contributed by atoms with E-state index in [-0.39, 0.29) is 5.91 Å². The number of hydrogen-bond acceptors (Lipinski definition) is 4. The molecule has 2 aliphatic rings. The largest absolute Gasteiger partial charge is 0.351 e. The molecular formula is C22H28ClN3O2. The zero-order valence-electron chi connectivity index (χ0n) is 16.4. The van der Waals surface area contributed by atoms with Gasteiger partial charge >= 0.3 is 0 Å². The highest BCUT2D eigenvalue weighted by atomic mass is 35.5. The number of halogens is 1. The van der Waals surface area contributed by atoms with Crippen LogP contribution in [0.25, 0.3) is 0 Å². The normalized spacial score (nSPS) is 21.8.